The van der Waals surface area contributed by atoms with Gasteiger partial charge >= 0.3 is 0 Å². The molecule has 146 valence electrons. The molecule has 0 spiro atoms. The van der Waals surface area contributed by atoms with Gasteiger partial charge in [-0.3, -0.25) is 9.48 Å². The molecule has 1 aromatic carbocycles. The molecule has 0 radical (unpaired) electrons. The Morgan fingerprint density at radius 2 is 2.00 bits per heavy atom. The number of rotatable bonds is 4. The summed E-state index contributed by atoms with van der Waals surface area (Å²) in [6, 6.07) is 10.0. The number of carbonyl (C=O) groups excluding carboxylic acids is 1. The van der Waals surface area contributed by atoms with Crippen molar-refractivity contribution < 1.29 is 9.53 Å². The first-order chi connectivity index (χ1) is 13.5. The van der Waals surface area contributed by atoms with E-state index >= 15 is 0 Å². The van der Waals surface area contributed by atoms with E-state index in [1.807, 2.05) is 12.1 Å². The van der Waals surface area contributed by atoms with Crippen molar-refractivity contribution in [2.75, 3.05) is 25.1 Å². The number of piperidine rings is 1. The number of carbonyl (C=O) groups is 1. The Morgan fingerprint density at radius 1 is 1.21 bits per heavy atom. The summed E-state index contributed by atoms with van der Waals surface area (Å²) in [4.78, 5) is 19.5. The number of nitrogens with one attached hydrogen (secondary N) is 1. The summed E-state index contributed by atoms with van der Waals surface area (Å²) < 4.78 is 6.94. The molecule has 1 amide bonds. The van der Waals surface area contributed by atoms with Gasteiger partial charge in [-0.1, -0.05) is 0 Å². The van der Waals surface area contributed by atoms with Crippen LogP contribution in [-0.2, 0) is 7.05 Å². The Bertz CT molecular complexity index is 1010. The molecule has 2 aromatic heterocycles. The normalized spacial score (nSPS) is 15.0. The van der Waals surface area contributed by atoms with Crippen LogP contribution in [-0.4, -0.2) is 46.9 Å². The Labute approximate surface area is 164 Å². The summed E-state index contributed by atoms with van der Waals surface area (Å²) in [5.41, 5.74) is 2.73. The Balaban J connectivity index is 1.45. The van der Waals surface area contributed by atoms with Crippen molar-refractivity contribution in [3.63, 3.8) is 0 Å². The van der Waals surface area contributed by atoms with Crippen molar-refractivity contribution >= 4 is 22.6 Å². The first-order valence-electron chi connectivity index (χ1n) is 9.54. The van der Waals surface area contributed by atoms with Gasteiger partial charge < -0.3 is 15.0 Å². The van der Waals surface area contributed by atoms with Gasteiger partial charge in [-0.05, 0) is 49.6 Å². The summed E-state index contributed by atoms with van der Waals surface area (Å²) in [6.07, 6.45) is 3.42. The molecule has 0 saturated carbocycles. The molecule has 4 rings (SSSR count). The number of hydrogen-bond donors (Lipinski definition) is 1. The number of aryl methyl sites for hydroxylation is 2. The molecular weight excluding hydrogens is 354 g/mol. The molecule has 1 saturated heterocycles. The lowest BCUT2D eigenvalue weighted by molar-refractivity contribution is 0.0921. The highest BCUT2D eigenvalue weighted by Gasteiger charge is 2.23. The largest absolute Gasteiger partial charge is 0.497 e. The number of aromatic nitrogens is 3. The fourth-order valence-corrected chi connectivity index (χ4v) is 3.76. The molecule has 1 aliphatic heterocycles. The number of pyridine rings is 1. The zero-order valence-electron chi connectivity index (χ0n) is 16.5. The highest BCUT2D eigenvalue weighted by Crippen LogP contribution is 2.27. The molecule has 7 heteroatoms. The van der Waals surface area contributed by atoms with E-state index in [0.717, 1.165) is 48.4 Å². The van der Waals surface area contributed by atoms with E-state index < -0.39 is 0 Å². The van der Waals surface area contributed by atoms with Crippen molar-refractivity contribution in [2.45, 2.75) is 25.8 Å². The SMILES string of the molecule is COc1ccc2c(C)cc(N3CCC(NC(=O)c4ccnn4C)CC3)nc2c1. The number of hydrogen-bond acceptors (Lipinski definition) is 5. The Hall–Kier alpha value is -3.09. The Kier molecular flexibility index (Phi) is 4.90. The van der Waals surface area contributed by atoms with Gasteiger partial charge in [-0.15, -0.1) is 0 Å². The predicted molar refractivity (Wildman–Crippen MR) is 109 cm³/mol. The number of ether oxygens (including phenoxy) is 1. The molecule has 3 heterocycles. The second kappa shape index (κ2) is 7.50. The quantitative estimate of drug-likeness (QED) is 0.755. The Morgan fingerprint density at radius 3 is 2.68 bits per heavy atom. The van der Waals surface area contributed by atoms with Gasteiger partial charge in [0, 0.05) is 43.8 Å². The average molecular weight is 379 g/mol. The molecule has 1 N–H and O–H groups in total. The molecule has 0 atom stereocenters. The van der Waals surface area contributed by atoms with Crippen LogP contribution in [0.4, 0.5) is 5.82 Å². The maximum Gasteiger partial charge on any atom is 0.269 e. The van der Waals surface area contributed by atoms with Gasteiger partial charge in [-0.25, -0.2) is 4.98 Å². The number of anilines is 1. The minimum absolute atomic E-state index is 0.0646. The highest BCUT2D eigenvalue weighted by molar-refractivity contribution is 5.92. The minimum Gasteiger partial charge on any atom is -0.497 e. The van der Waals surface area contributed by atoms with Crippen molar-refractivity contribution in [3.8, 4) is 5.75 Å². The average Bonchev–Trinajstić information content (AvgIpc) is 3.14. The van der Waals surface area contributed by atoms with Crippen LogP contribution >= 0.6 is 0 Å². The summed E-state index contributed by atoms with van der Waals surface area (Å²) in [6.45, 7) is 3.83. The van der Waals surface area contributed by atoms with Crippen LogP contribution in [0.2, 0.25) is 0 Å². The topological polar surface area (TPSA) is 72.3 Å². The van der Waals surface area contributed by atoms with Crippen molar-refractivity contribution in [1.82, 2.24) is 20.1 Å². The van der Waals surface area contributed by atoms with Crippen LogP contribution in [0.1, 0.15) is 28.9 Å². The summed E-state index contributed by atoms with van der Waals surface area (Å²) >= 11 is 0. The lowest BCUT2D eigenvalue weighted by atomic mass is 10.0. The van der Waals surface area contributed by atoms with E-state index in [9.17, 15) is 4.79 Å². The molecule has 7 nitrogen and oxygen atoms in total. The van der Waals surface area contributed by atoms with Crippen molar-refractivity contribution in [2.24, 2.45) is 7.05 Å². The van der Waals surface area contributed by atoms with Gasteiger partial charge in [0.25, 0.3) is 5.91 Å². The molecule has 0 bridgehead atoms. The molecule has 0 unspecified atom stereocenters. The number of amides is 1. The molecule has 1 aliphatic rings. The van der Waals surface area contributed by atoms with Gasteiger partial charge in [-0.2, -0.15) is 5.10 Å². The zero-order chi connectivity index (χ0) is 19.7. The fraction of sp³-hybridized carbons (Fsp3) is 0.381. The van der Waals surface area contributed by atoms with Gasteiger partial charge in [0.2, 0.25) is 0 Å². The van der Waals surface area contributed by atoms with E-state index in [2.05, 4.69) is 34.4 Å². The highest BCUT2D eigenvalue weighted by atomic mass is 16.5. The third-order valence-corrected chi connectivity index (χ3v) is 5.42. The number of fused-ring (bicyclic) bond motifs is 1. The van der Waals surface area contributed by atoms with Crippen molar-refractivity contribution in [3.05, 3.63) is 47.8 Å². The van der Waals surface area contributed by atoms with Crippen LogP contribution in [0.3, 0.4) is 0 Å². The van der Waals surface area contributed by atoms with E-state index in [1.54, 1.807) is 31.1 Å². The lowest BCUT2D eigenvalue weighted by Gasteiger charge is -2.33. The standard InChI is InChI=1S/C21H25N5O2/c1-14-12-20(24-18-13-16(28-3)4-5-17(14)18)26-10-7-15(8-11-26)23-21(27)19-6-9-22-25(19)2/h4-6,9,12-13,15H,7-8,10-11H2,1-3H3,(H,23,27). The zero-order valence-corrected chi connectivity index (χ0v) is 16.5. The molecule has 0 aliphatic carbocycles. The number of nitrogens with zero attached hydrogens (tertiary/aromatic N) is 4. The molecule has 3 aromatic rings. The van der Waals surface area contributed by atoms with Gasteiger partial charge in [0.05, 0.1) is 12.6 Å². The smallest absolute Gasteiger partial charge is 0.269 e. The van der Waals surface area contributed by atoms with Crippen LogP contribution < -0.4 is 15.0 Å². The summed E-state index contributed by atoms with van der Waals surface area (Å²) in [5.74, 6) is 1.73. The fourth-order valence-electron chi connectivity index (χ4n) is 3.76. The van der Waals surface area contributed by atoms with Gasteiger partial charge in [0.1, 0.15) is 17.3 Å². The monoisotopic (exact) mass is 379 g/mol. The first-order valence-corrected chi connectivity index (χ1v) is 9.54. The maximum absolute atomic E-state index is 12.4. The van der Waals surface area contributed by atoms with Crippen LogP contribution in [0.5, 0.6) is 5.75 Å². The maximum atomic E-state index is 12.4. The third-order valence-electron chi connectivity index (χ3n) is 5.42. The predicted octanol–water partition coefficient (Wildman–Crippen LogP) is 2.68. The summed E-state index contributed by atoms with van der Waals surface area (Å²) in [5, 5.41) is 8.33. The van der Waals surface area contributed by atoms with Gasteiger partial charge in [0.15, 0.2) is 0 Å². The lowest BCUT2D eigenvalue weighted by Crippen LogP contribution is -2.45. The van der Waals surface area contributed by atoms with E-state index in [0.29, 0.717) is 5.69 Å². The molecule has 28 heavy (non-hydrogen) atoms. The van der Waals surface area contributed by atoms with Crippen LogP contribution in [0, 0.1) is 6.92 Å². The van der Waals surface area contributed by atoms with Crippen LogP contribution in [0.15, 0.2) is 36.5 Å². The third kappa shape index (κ3) is 3.52. The van der Waals surface area contributed by atoms with E-state index in [4.69, 9.17) is 9.72 Å². The van der Waals surface area contributed by atoms with Crippen LogP contribution in [0.25, 0.3) is 10.9 Å². The second-order valence-corrected chi connectivity index (χ2v) is 7.26. The number of benzene rings is 1. The first kappa shape index (κ1) is 18.3. The molecular formula is C21H25N5O2. The summed E-state index contributed by atoms with van der Waals surface area (Å²) in [7, 11) is 3.45. The van der Waals surface area contributed by atoms with Crippen molar-refractivity contribution in [1.29, 1.82) is 0 Å². The number of methoxy groups -OCH3 is 1. The molecule has 1 fully saturated rings. The second-order valence-electron chi connectivity index (χ2n) is 7.26. The van der Waals surface area contributed by atoms with E-state index in [-0.39, 0.29) is 11.9 Å². The minimum atomic E-state index is -0.0646. The van der Waals surface area contributed by atoms with E-state index in [1.165, 1.54) is 5.56 Å².